The van der Waals surface area contributed by atoms with Crippen LogP contribution < -0.4 is 5.32 Å². The molecule has 0 amide bonds. The molecule has 0 fully saturated rings. The summed E-state index contributed by atoms with van der Waals surface area (Å²) in [5.74, 6) is -0.399. The van der Waals surface area contributed by atoms with Crippen LogP contribution in [0.1, 0.15) is 18.5 Å². The third-order valence-corrected chi connectivity index (χ3v) is 2.90. The Labute approximate surface area is 102 Å². The molecule has 0 aliphatic rings. The summed E-state index contributed by atoms with van der Waals surface area (Å²) < 4.78 is 48.4. The third-order valence-electron chi connectivity index (χ3n) is 2.17. The number of halogens is 4. The molecular formula is C11H13F4NS. The van der Waals surface area contributed by atoms with Crippen molar-refractivity contribution < 1.29 is 17.6 Å². The summed E-state index contributed by atoms with van der Waals surface area (Å²) >= 11 is -0.0627. The summed E-state index contributed by atoms with van der Waals surface area (Å²) in [5.41, 5.74) is -3.47. The first kappa shape index (κ1) is 14.3. The second-order valence-corrected chi connectivity index (χ2v) is 4.68. The number of benzene rings is 1. The Bertz CT molecular complexity index is 354. The minimum Gasteiger partial charge on any atom is -0.309 e. The Morgan fingerprint density at radius 3 is 2.65 bits per heavy atom. The van der Waals surface area contributed by atoms with E-state index < -0.39 is 5.51 Å². The topological polar surface area (TPSA) is 12.0 Å². The van der Waals surface area contributed by atoms with Crippen molar-refractivity contribution in [2.24, 2.45) is 0 Å². The molecule has 0 bridgehead atoms. The highest BCUT2D eigenvalue weighted by Gasteiger charge is 2.27. The molecule has 1 N–H and O–H groups in total. The molecule has 1 aromatic rings. The average molecular weight is 267 g/mol. The van der Waals surface area contributed by atoms with Crippen molar-refractivity contribution >= 4 is 11.8 Å². The van der Waals surface area contributed by atoms with Crippen molar-refractivity contribution in [2.75, 3.05) is 12.3 Å². The highest BCUT2D eigenvalue weighted by atomic mass is 32.2. The number of hydrogen-bond donors (Lipinski definition) is 1. The lowest BCUT2D eigenvalue weighted by atomic mass is 10.1. The van der Waals surface area contributed by atoms with Crippen LogP contribution in [0.3, 0.4) is 0 Å². The lowest BCUT2D eigenvalue weighted by molar-refractivity contribution is -0.0327. The highest BCUT2D eigenvalue weighted by molar-refractivity contribution is 8.00. The lowest BCUT2D eigenvalue weighted by Crippen LogP contribution is -2.22. The van der Waals surface area contributed by atoms with Crippen LogP contribution in [-0.4, -0.2) is 17.8 Å². The lowest BCUT2D eigenvalue weighted by Gasteiger charge is -2.14. The van der Waals surface area contributed by atoms with Crippen LogP contribution in [0.5, 0.6) is 0 Å². The minimum absolute atomic E-state index is 0.0524. The molecule has 0 unspecified atom stereocenters. The van der Waals surface area contributed by atoms with Crippen molar-refractivity contribution in [3.63, 3.8) is 0 Å². The van der Waals surface area contributed by atoms with Crippen LogP contribution >= 0.6 is 11.8 Å². The normalized spacial score (nSPS) is 13.7. The summed E-state index contributed by atoms with van der Waals surface area (Å²) in [5, 5.41) is 2.91. The van der Waals surface area contributed by atoms with Crippen LogP contribution in [0.25, 0.3) is 0 Å². The molecule has 1 atom stereocenters. The van der Waals surface area contributed by atoms with E-state index in [-0.39, 0.29) is 35.9 Å². The van der Waals surface area contributed by atoms with Gasteiger partial charge in [0.15, 0.2) is 0 Å². The fraction of sp³-hybridized carbons (Fsp3) is 0.455. The molecule has 17 heavy (non-hydrogen) atoms. The van der Waals surface area contributed by atoms with Gasteiger partial charge in [0.1, 0.15) is 5.82 Å². The molecule has 1 nitrogen and oxygen atoms in total. The first-order chi connectivity index (χ1) is 7.88. The zero-order chi connectivity index (χ0) is 12.9. The van der Waals surface area contributed by atoms with Gasteiger partial charge >= 0.3 is 5.51 Å². The quantitative estimate of drug-likeness (QED) is 0.644. The molecule has 0 saturated carbocycles. The van der Waals surface area contributed by atoms with Crippen LogP contribution in [0.4, 0.5) is 17.6 Å². The van der Waals surface area contributed by atoms with Gasteiger partial charge in [0, 0.05) is 18.3 Å². The SMILES string of the molecule is C[C@H](NCCSC(F)(F)F)c1cccc(F)c1. The van der Waals surface area contributed by atoms with Gasteiger partial charge in [-0.1, -0.05) is 12.1 Å². The standard InChI is InChI=1S/C11H13F4NS/c1-8(9-3-2-4-10(12)7-9)16-5-6-17-11(13,14)15/h2-4,7-8,16H,5-6H2,1H3/t8-/m0/s1. The van der Waals surface area contributed by atoms with Gasteiger partial charge < -0.3 is 5.32 Å². The summed E-state index contributed by atoms with van der Waals surface area (Å²) in [7, 11) is 0. The van der Waals surface area contributed by atoms with E-state index in [1.807, 2.05) is 0 Å². The van der Waals surface area contributed by atoms with Gasteiger partial charge in [-0.3, -0.25) is 0 Å². The fourth-order valence-electron chi connectivity index (χ4n) is 1.34. The second-order valence-electron chi connectivity index (χ2n) is 3.53. The molecule has 0 aliphatic carbocycles. The molecule has 6 heteroatoms. The van der Waals surface area contributed by atoms with Gasteiger partial charge in [-0.25, -0.2) is 4.39 Å². The predicted molar refractivity (Wildman–Crippen MR) is 61.3 cm³/mol. The zero-order valence-electron chi connectivity index (χ0n) is 9.22. The molecule has 1 rings (SSSR count). The van der Waals surface area contributed by atoms with Crippen LogP contribution in [0, 0.1) is 5.82 Å². The summed E-state index contributed by atoms with van der Waals surface area (Å²) in [6.07, 6.45) is 0. The van der Waals surface area contributed by atoms with Crippen LogP contribution in [-0.2, 0) is 0 Å². The van der Waals surface area contributed by atoms with Gasteiger partial charge in [-0.15, -0.1) is 0 Å². The van der Waals surface area contributed by atoms with E-state index in [0.29, 0.717) is 0 Å². The number of nitrogens with one attached hydrogen (secondary N) is 1. The smallest absolute Gasteiger partial charge is 0.309 e. The van der Waals surface area contributed by atoms with E-state index in [0.717, 1.165) is 5.56 Å². The molecule has 0 saturated heterocycles. The van der Waals surface area contributed by atoms with Gasteiger partial charge in [0.05, 0.1) is 0 Å². The van der Waals surface area contributed by atoms with E-state index in [1.165, 1.54) is 12.1 Å². The van der Waals surface area contributed by atoms with Crippen molar-refractivity contribution in [1.29, 1.82) is 0 Å². The number of alkyl halides is 3. The highest BCUT2D eigenvalue weighted by Crippen LogP contribution is 2.29. The maximum Gasteiger partial charge on any atom is 0.441 e. The fourth-order valence-corrected chi connectivity index (χ4v) is 1.79. The first-order valence-corrected chi connectivity index (χ1v) is 6.06. The summed E-state index contributed by atoms with van der Waals surface area (Å²) in [6, 6.07) is 5.84. The van der Waals surface area contributed by atoms with Gasteiger partial charge in [-0.05, 0) is 36.4 Å². The van der Waals surface area contributed by atoms with Gasteiger partial charge in [0.25, 0.3) is 0 Å². The van der Waals surface area contributed by atoms with Gasteiger partial charge in [0.2, 0.25) is 0 Å². The predicted octanol–water partition coefficient (Wildman–Crippen LogP) is 3.73. The summed E-state index contributed by atoms with van der Waals surface area (Å²) in [4.78, 5) is 0. The molecule has 0 spiro atoms. The Kier molecular flexibility index (Phi) is 5.27. The molecule has 1 aromatic carbocycles. The molecule has 0 aliphatic heterocycles. The maximum absolute atomic E-state index is 12.9. The van der Waals surface area contributed by atoms with Crippen LogP contribution in [0.15, 0.2) is 24.3 Å². The zero-order valence-corrected chi connectivity index (χ0v) is 10.0. The van der Waals surface area contributed by atoms with Crippen molar-refractivity contribution in [3.8, 4) is 0 Å². The average Bonchev–Trinajstić information content (AvgIpc) is 2.23. The third kappa shape index (κ3) is 5.93. The van der Waals surface area contributed by atoms with Gasteiger partial charge in [-0.2, -0.15) is 13.2 Å². The Morgan fingerprint density at radius 1 is 1.35 bits per heavy atom. The van der Waals surface area contributed by atoms with Crippen molar-refractivity contribution in [2.45, 2.75) is 18.5 Å². The van der Waals surface area contributed by atoms with Crippen LogP contribution in [0.2, 0.25) is 0 Å². The molecule has 0 heterocycles. The maximum atomic E-state index is 12.9. The Hall–Kier alpha value is -0.750. The largest absolute Gasteiger partial charge is 0.441 e. The second kappa shape index (κ2) is 6.26. The Balaban J connectivity index is 2.33. The van der Waals surface area contributed by atoms with Crippen molar-refractivity contribution in [3.05, 3.63) is 35.6 Å². The number of thioether (sulfide) groups is 1. The monoisotopic (exact) mass is 267 g/mol. The Morgan fingerprint density at radius 2 is 2.06 bits per heavy atom. The molecule has 0 radical (unpaired) electrons. The molecule has 96 valence electrons. The van der Waals surface area contributed by atoms with E-state index in [4.69, 9.17) is 0 Å². The number of hydrogen-bond acceptors (Lipinski definition) is 2. The van der Waals surface area contributed by atoms with E-state index in [1.54, 1.807) is 19.1 Å². The molecular weight excluding hydrogens is 254 g/mol. The minimum atomic E-state index is -4.19. The molecule has 0 aromatic heterocycles. The van der Waals surface area contributed by atoms with Crippen molar-refractivity contribution in [1.82, 2.24) is 5.32 Å². The van der Waals surface area contributed by atoms with E-state index in [2.05, 4.69) is 5.32 Å². The number of rotatable bonds is 5. The summed E-state index contributed by atoms with van der Waals surface area (Å²) in [6.45, 7) is 2.01. The van der Waals surface area contributed by atoms with E-state index >= 15 is 0 Å². The first-order valence-electron chi connectivity index (χ1n) is 5.08. The van der Waals surface area contributed by atoms with E-state index in [9.17, 15) is 17.6 Å².